The summed E-state index contributed by atoms with van der Waals surface area (Å²) in [5, 5.41) is 5.65. The second kappa shape index (κ2) is 9.39. The van der Waals surface area contributed by atoms with Crippen molar-refractivity contribution in [3.05, 3.63) is 24.3 Å². The van der Waals surface area contributed by atoms with Crippen molar-refractivity contribution in [2.24, 2.45) is 5.92 Å². The Hall–Kier alpha value is -1.92. The highest BCUT2D eigenvalue weighted by Gasteiger charge is 2.18. The Morgan fingerprint density at radius 2 is 1.67 bits per heavy atom. The molecule has 2 rings (SSSR count). The van der Waals surface area contributed by atoms with Gasteiger partial charge in [-0.25, -0.2) is 0 Å². The standard InChI is InChI=1S/C18H27N3O3/c1-14(12-21-10-4-3-5-11-21)18(23)20-16-8-6-15(7-9-16)19-17(22)13-24-2/h6-9,14H,3-5,10-13H2,1-2H3,(H,19,22)(H,20,23). The fraction of sp³-hybridized carbons (Fsp3) is 0.556. The normalized spacial score (nSPS) is 16.4. The van der Waals surface area contributed by atoms with Crippen molar-refractivity contribution < 1.29 is 14.3 Å². The fourth-order valence-electron chi connectivity index (χ4n) is 2.84. The number of piperidine rings is 1. The van der Waals surface area contributed by atoms with Gasteiger partial charge in [-0.05, 0) is 50.2 Å². The number of hydrogen-bond acceptors (Lipinski definition) is 4. The van der Waals surface area contributed by atoms with E-state index in [0.717, 1.165) is 25.3 Å². The molecule has 1 fully saturated rings. The molecule has 0 bridgehead atoms. The van der Waals surface area contributed by atoms with Gasteiger partial charge < -0.3 is 20.3 Å². The maximum Gasteiger partial charge on any atom is 0.250 e. The number of hydrogen-bond donors (Lipinski definition) is 2. The zero-order chi connectivity index (χ0) is 17.4. The van der Waals surface area contributed by atoms with Crippen LogP contribution in [0.2, 0.25) is 0 Å². The molecule has 1 aromatic rings. The van der Waals surface area contributed by atoms with Crippen LogP contribution in [0.3, 0.4) is 0 Å². The minimum atomic E-state index is -0.204. The van der Waals surface area contributed by atoms with Crippen LogP contribution >= 0.6 is 0 Å². The average Bonchev–Trinajstić information content (AvgIpc) is 2.57. The Morgan fingerprint density at radius 3 is 2.25 bits per heavy atom. The lowest BCUT2D eigenvalue weighted by molar-refractivity contribution is -0.120. The third kappa shape index (κ3) is 5.94. The predicted octanol–water partition coefficient (Wildman–Crippen LogP) is 2.33. The van der Waals surface area contributed by atoms with Gasteiger partial charge in [0.2, 0.25) is 11.8 Å². The van der Waals surface area contributed by atoms with Gasteiger partial charge in [0, 0.05) is 30.9 Å². The first-order chi connectivity index (χ1) is 11.6. The average molecular weight is 333 g/mol. The van der Waals surface area contributed by atoms with E-state index in [4.69, 9.17) is 4.74 Å². The third-order valence-electron chi connectivity index (χ3n) is 4.14. The van der Waals surface area contributed by atoms with Crippen LogP contribution in [0.4, 0.5) is 11.4 Å². The smallest absolute Gasteiger partial charge is 0.250 e. The van der Waals surface area contributed by atoms with Crippen LogP contribution in [0.25, 0.3) is 0 Å². The van der Waals surface area contributed by atoms with Gasteiger partial charge in [-0.3, -0.25) is 9.59 Å². The number of anilines is 2. The quantitative estimate of drug-likeness (QED) is 0.803. The predicted molar refractivity (Wildman–Crippen MR) is 95.0 cm³/mol. The molecular weight excluding hydrogens is 306 g/mol. The Morgan fingerprint density at radius 1 is 1.08 bits per heavy atom. The third-order valence-corrected chi connectivity index (χ3v) is 4.14. The summed E-state index contributed by atoms with van der Waals surface area (Å²) in [6.07, 6.45) is 3.75. The number of methoxy groups -OCH3 is 1. The van der Waals surface area contributed by atoms with Crippen LogP contribution in [0, 0.1) is 5.92 Å². The molecule has 1 unspecified atom stereocenters. The summed E-state index contributed by atoms with van der Waals surface area (Å²) in [7, 11) is 1.48. The van der Waals surface area contributed by atoms with Crippen molar-refractivity contribution in [2.75, 3.05) is 44.0 Å². The van der Waals surface area contributed by atoms with Gasteiger partial charge in [0.25, 0.3) is 0 Å². The van der Waals surface area contributed by atoms with Crippen LogP contribution < -0.4 is 10.6 Å². The molecule has 6 heteroatoms. The van der Waals surface area contributed by atoms with E-state index >= 15 is 0 Å². The second-order valence-corrected chi connectivity index (χ2v) is 6.31. The van der Waals surface area contributed by atoms with E-state index in [1.165, 1.54) is 26.4 Å². The molecule has 1 aromatic carbocycles. The van der Waals surface area contributed by atoms with E-state index in [1.807, 2.05) is 6.92 Å². The lowest BCUT2D eigenvalue weighted by atomic mass is 10.1. The molecular formula is C18H27N3O3. The van der Waals surface area contributed by atoms with Crippen molar-refractivity contribution in [1.29, 1.82) is 0 Å². The Kier molecular flexibility index (Phi) is 7.21. The van der Waals surface area contributed by atoms with Crippen LogP contribution in [0.1, 0.15) is 26.2 Å². The van der Waals surface area contributed by atoms with Gasteiger partial charge in [0.15, 0.2) is 0 Å². The van der Waals surface area contributed by atoms with Crippen molar-refractivity contribution in [3.8, 4) is 0 Å². The molecule has 0 spiro atoms. The molecule has 0 aromatic heterocycles. The number of ether oxygens (including phenoxy) is 1. The number of benzene rings is 1. The van der Waals surface area contributed by atoms with Crippen molar-refractivity contribution >= 4 is 23.2 Å². The molecule has 1 aliphatic heterocycles. The van der Waals surface area contributed by atoms with E-state index in [2.05, 4.69) is 15.5 Å². The van der Waals surface area contributed by atoms with Crippen LogP contribution in [0.15, 0.2) is 24.3 Å². The molecule has 1 atom stereocenters. The van der Waals surface area contributed by atoms with Gasteiger partial charge >= 0.3 is 0 Å². The number of rotatable bonds is 7. The molecule has 1 heterocycles. The second-order valence-electron chi connectivity index (χ2n) is 6.31. The summed E-state index contributed by atoms with van der Waals surface area (Å²) >= 11 is 0. The Balaban J connectivity index is 1.81. The highest BCUT2D eigenvalue weighted by atomic mass is 16.5. The molecule has 132 valence electrons. The Labute approximate surface area is 143 Å². The van der Waals surface area contributed by atoms with E-state index in [0.29, 0.717) is 5.69 Å². The largest absolute Gasteiger partial charge is 0.375 e. The Bertz CT molecular complexity index is 539. The van der Waals surface area contributed by atoms with Crippen LogP contribution in [0.5, 0.6) is 0 Å². The number of nitrogens with one attached hydrogen (secondary N) is 2. The molecule has 1 aliphatic rings. The summed E-state index contributed by atoms with van der Waals surface area (Å²) in [6, 6.07) is 7.10. The topological polar surface area (TPSA) is 70.7 Å². The van der Waals surface area contributed by atoms with E-state index in [9.17, 15) is 9.59 Å². The van der Waals surface area contributed by atoms with Crippen molar-refractivity contribution in [2.45, 2.75) is 26.2 Å². The summed E-state index contributed by atoms with van der Waals surface area (Å²) < 4.78 is 4.77. The number of amides is 2. The first-order valence-corrected chi connectivity index (χ1v) is 8.50. The number of carbonyl (C=O) groups is 2. The minimum absolute atomic E-state index is 0.0203. The first-order valence-electron chi connectivity index (χ1n) is 8.50. The molecule has 6 nitrogen and oxygen atoms in total. The lowest BCUT2D eigenvalue weighted by Gasteiger charge is -2.28. The molecule has 0 saturated carbocycles. The summed E-state index contributed by atoms with van der Waals surface area (Å²) in [4.78, 5) is 26.1. The summed E-state index contributed by atoms with van der Waals surface area (Å²) in [5.74, 6) is -0.231. The van der Waals surface area contributed by atoms with Gasteiger partial charge in [0.05, 0.1) is 0 Å². The van der Waals surface area contributed by atoms with E-state index in [-0.39, 0.29) is 24.3 Å². The van der Waals surface area contributed by atoms with Crippen LogP contribution in [-0.4, -0.2) is 50.1 Å². The zero-order valence-electron chi connectivity index (χ0n) is 14.5. The maximum absolute atomic E-state index is 12.3. The van der Waals surface area contributed by atoms with E-state index in [1.54, 1.807) is 24.3 Å². The molecule has 1 saturated heterocycles. The van der Waals surface area contributed by atoms with Gasteiger partial charge in [0.1, 0.15) is 6.61 Å². The molecule has 0 radical (unpaired) electrons. The SMILES string of the molecule is COCC(=O)Nc1ccc(NC(=O)C(C)CN2CCCCC2)cc1. The molecule has 2 amide bonds. The fourth-order valence-corrected chi connectivity index (χ4v) is 2.84. The van der Waals surface area contributed by atoms with Gasteiger partial charge in [-0.15, -0.1) is 0 Å². The molecule has 24 heavy (non-hydrogen) atoms. The number of likely N-dealkylation sites (tertiary alicyclic amines) is 1. The maximum atomic E-state index is 12.3. The van der Waals surface area contributed by atoms with Crippen molar-refractivity contribution in [1.82, 2.24) is 4.90 Å². The molecule has 0 aliphatic carbocycles. The first kappa shape index (κ1) is 18.4. The number of nitrogens with zero attached hydrogens (tertiary/aromatic N) is 1. The molecule has 2 N–H and O–H groups in total. The number of carbonyl (C=O) groups excluding carboxylic acids is 2. The summed E-state index contributed by atoms with van der Waals surface area (Å²) in [6.45, 7) is 4.97. The van der Waals surface area contributed by atoms with E-state index < -0.39 is 0 Å². The summed E-state index contributed by atoms with van der Waals surface area (Å²) in [5.41, 5.74) is 1.41. The van der Waals surface area contributed by atoms with Gasteiger partial charge in [-0.2, -0.15) is 0 Å². The van der Waals surface area contributed by atoms with Crippen molar-refractivity contribution in [3.63, 3.8) is 0 Å². The van der Waals surface area contributed by atoms with Gasteiger partial charge in [-0.1, -0.05) is 13.3 Å². The van der Waals surface area contributed by atoms with Crippen LogP contribution in [-0.2, 0) is 14.3 Å². The minimum Gasteiger partial charge on any atom is -0.375 e. The highest BCUT2D eigenvalue weighted by molar-refractivity contribution is 5.94. The lowest BCUT2D eigenvalue weighted by Crippen LogP contribution is -2.37. The zero-order valence-corrected chi connectivity index (χ0v) is 14.5. The highest BCUT2D eigenvalue weighted by Crippen LogP contribution is 2.16. The monoisotopic (exact) mass is 333 g/mol.